The molecule has 1 aromatic rings. The lowest BCUT2D eigenvalue weighted by atomic mass is 9.85. The van der Waals surface area contributed by atoms with E-state index in [4.69, 9.17) is 28.9 Å². The van der Waals surface area contributed by atoms with Crippen LogP contribution in [-0.4, -0.2) is 20.2 Å². The van der Waals surface area contributed by atoms with Crippen LogP contribution in [0, 0.1) is 5.92 Å². The fourth-order valence-corrected chi connectivity index (χ4v) is 5.09. The number of benzene rings is 1. The summed E-state index contributed by atoms with van der Waals surface area (Å²) in [5.74, 6) is 0.217. The molecule has 1 aromatic carbocycles. The van der Waals surface area contributed by atoms with Gasteiger partial charge in [0.2, 0.25) is 0 Å². The van der Waals surface area contributed by atoms with Gasteiger partial charge in [0.15, 0.2) is 9.84 Å². The average molecular weight is 336 g/mol. The average Bonchev–Trinajstić information content (AvgIpc) is 2.42. The lowest BCUT2D eigenvalue weighted by molar-refractivity contribution is 0.317. The largest absolute Gasteiger partial charge is 0.327 e. The highest BCUT2D eigenvalue weighted by atomic mass is 35.5. The van der Waals surface area contributed by atoms with Gasteiger partial charge in [-0.2, -0.15) is 0 Å². The molecule has 0 amide bonds. The molecule has 0 heterocycles. The van der Waals surface area contributed by atoms with Crippen molar-refractivity contribution in [3.05, 3.63) is 28.2 Å². The second kappa shape index (κ2) is 6.65. The zero-order chi connectivity index (χ0) is 14.8. The van der Waals surface area contributed by atoms with Crippen LogP contribution in [0.25, 0.3) is 0 Å². The van der Waals surface area contributed by atoms with E-state index in [0.717, 1.165) is 25.7 Å². The first-order chi connectivity index (χ1) is 9.40. The zero-order valence-corrected chi connectivity index (χ0v) is 13.5. The Balaban J connectivity index is 2.16. The summed E-state index contributed by atoms with van der Waals surface area (Å²) in [7, 11) is -3.50. The summed E-state index contributed by atoms with van der Waals surface area (Å²) in [4.78, 5) is 0.0814. The molecule has 2 rings (SSSR count). The van der Waals surface area contributed by atoms with Crippen LogP contribution in [0.15, 0.2) is 23.1 Å². The van der Waals surface area contributed by atoms with Crippen molar-refractivity contribution < 1.29 is 8.42 Å². The fraction of sp³-hybridized carbons (Fsp3) is 0.571. The first-order valence-electron chi connectivity index (χ1n) is 6.83. The zero-order valence-electron chi connectivity index (χ0n) is 11.2. The Bertz CT molecular complexity index is 569. The van der Waals surface area contributed by atoms with Crippen molar-refractivity contribution in [1.82, 2.24) is 0 Å². The summed E-state index contributed by atoms with van der Waals surface area (Å²) >= 11 is 11.8. The van der Waals surface area contributed by atoms with Gasteiger partial charge in [-0.3, -0.25) is 0 Å². The van der Waals surface area contributed by atoms with Crippen LogP contribution in [0.4, 0.5) is 0 Å². The van der Waals surface area contributed by atoms with Gasteiger partial charge in [0.05, 0.1) is 15.7 Å². The SMILES string of the molecule is NC(CS(=O)(=O)c1cc(Cl)ccc1Cl)C1CCCCC1. The second-order valence-electron chi connectivity index (χ2n) is 5.42. The summed E-state index contributed by atoms with van der Waals surface area (Å²) in [5.41, 5.74) is 6.10. The summed E-state index contributed by atoms with van der Waals surface area (Å²) < 4.78 is 24.9. The monoisotopic (exact) mass is 335 g/mol. The van der Waals surface area contributed by atoms with Crippen LogP contribution in [0.5, 0.6) is 0 Å². The van der Waals surface area contributed by atoms with Gasteiger partial charge in [-0.15, -0.1) is 0 Å². The quantitative estimate of drug-likeness (QED) is 0.912. The molecule has 20 heavy (non-hydrogen) atoms. The minimum Gasteiger partial charge on any atom is -0.327 e. The van der Waals surface area contributed by atoms with Crippen LogP contribution in [0.3, 0.4) is 0 Å². The molecule has 112 valence electrons. The second-order valence-corrected chi connectivity index (χ2v) is 8.26. The molecule has 2 N–H and O–H groups in total. The summed E-state index contributed by atoms with van der Waals surface area (Å²) in [5, 5.41) is 0.560. The summed E-state index contributed by atoms with van der Waals surface area (Å²) in [6.07, 6.45) is 5.52. The molecule has 0 bridgehead atoms. The van der Waals surface area contributed by atoms with Crippen LogP contribution >= 0.6 is 23.2 Å². The molecule has 0 aromatic heterocycles. The number of nitrogens with two attached hydrogens (primary N) is 1. The predicted octanol–water partition coefficient (Wildman–Crippen LogP) is 3.67. The van der Waals surface area contributed by atoms with Crippen molar-refractivity contribution in [3.8, 4) is 0 Å². The predicted molar refractivity (Wildman–Crippen MR) is 83.1 cm³/mol. The lowest BCUT2D eigenvalue weighted by Gasteiger charge is -2.27. The van der Waals surface area contributed by atoms with E-state index < -0.39 is 9.84 Å². The fourth-order valence-electron chi connectivity index (χ4n) is 2.76. The molecule has 6 heteroatoms. The maximum atomic E-state index is 12.4. The van der Waals surface area contributed by atoms with E-state index in [1.165, 1.54) is 18.6 Å². The molecular weight excluding hydrogens is 317 g/mol. The van der Waals surface area contributed by atoms with Gasteiger partial charge >= 0.3 is 0 Å². The van der Waals surface area contributed by atoms with Crippen molar-refractivity contribution in [2.75, 3.05) is 5.75 Å². The number of rotatable bonds is 4. The normalized spacial score (nSPS) is 18.9. The smallest absolute Gasteiger partial charge is 0.181 e. The molecule has 0 aliphatic heterocycles. The van der Waals surface area contributed by atoms with E-state index in [2.05, 4.69) is 0 Å². The van der Waals surface area contributed by atoms with Gasteiger partial charge < -0.3 is 5.73 Å². The van der Waals surface area contributed by atoms with Gasteiger partial charge in [0.25, 0.3) is 0 Å². The number of hydrogen-bond acceptors (Lipinski definition) is 3. The van der Waals surface area contributed by atoms with E-state index >= 15 is 0 Å². The van der Waals surface area contributed by atoms with Gasteiger partial charge in [-0.1, -0.05) is 42.5 Å². The molecule has 0 spiro atoms. The third-order valence-electron chi connectivity index (χ3n) is 3.90. The Morgan fingerprint density at radius 3 is 2.50 bits per heavy atom. The number of hydrogen-bond donors (Lipinski definition) is 1. The topological polar surface area (TPSA) is 60.2 Å². The van der Waals surface area contributed by atoms with E-state index in [9.17, 15) is 8.42 Å². The van der Waals surface area contributed by atoms with E-state index in [1.54, 1.807) is 6.07 Å². The van der Waals surface area contributed by atoms with Gasteiger partial charge in [0, 0.05) is 11.1 Å². The maximum Gasteiger partial charge on any atom is 0.181 e. The molecule has 1 fully saturated rings. The van der Waals surface area contributed by atoms with Crippen LogP contribution in [0.2, 0.25) is 10.0 Å². The molecule has 1 saturated carbocycles. The van der Waals surface area contributed by atoms with Crippen LogP contribution in [-0.2, 0) is 9.84 Å². The molecule has 0 saturated heterocycles. The maximum absolute atomic E-state index is 12.4. The number of halogens is 2. The Kier molecular flexibility index (Phi) is 5.35. The first-order valence-corrected chi connectivity index (χ1v) is 9.24. The molecule has 1 atom stereocenters. The first kappa shape index (κ1) is 16.1. The lowest BCUT2D eigenvalue weighted by Crippen LogP contribution is -2.38. The van der Waals surface area contributed by atoms with Crippen molar-refractivity contribution in [2.24, 2.45) is 11.7 Å². The molecule has 1 aliphatic carbocycles. The summed E-state index contributed by atoms with van der Waals surface area (Å²) in [6, 6.07) is 4.13. The third-order valence-corrected chi connectivity index (χ3v) is 6.40. The third kappa shape index (κ3) is 3.88. The molecule has 1 unspecified atom stereocenters. The van der Waals surface area contributed by atoms with Crippen molar-refractivity contribution in [2.45, 2.75) is 43.0 Å². The molecular formula is C14H19Cl2NO2S. The van der Waals surface area contributed by atoms with Crippen molar-refractivity contribution in [3.63, 3.8) is 0 Å². The minimum atomic E-state index is -3.50. The molecule has 0 radical (unpaired) electrons. The van der Waals surface area contributed by atoms with Gasteiger partial charge in [0.1, 0.15) is 0 Å². The highest BCUT2D eigenvalue weighted by Crippen LogP contribution is 2.30. The minimum absolute atomic E-state index is 0.0717. The molecule has 1 aliphatic rings. The number of sulfone groups is 1. The van der Waals surface area contributed by atoms with E-state index in [-0.39, 0.29) is 27.6 Å². The van der Waals surface area contributed by atoms with E-state index in [0.29, 0.717) is 5.02 Å². The Hall–Kier alpha value is -0.290. The van der Waals surface area contributed by atoms with Crippen molar-refractivity contribution >= 4 is 33.0 Å². The van der Waals surface area contributed by atoms with Gasteiger partial charge in [-0.25, -0.2) is 8.42 Å². The van der Waals surface area contributed by atoms with E-state index in [1.807, 2.05) is 0 Å². The van der Waals surface area contributed by atoms with Gasteiger partial charge in [-0.05, 0) is 37.0 Å². The Labute approximate surface area is 130 Å². The Morgan fingerprint density at radius 1 is 1.20 bits per heavy atom. The summed E-state index contributed by atoms with van der Waals surface area (Å²) in [6.45, 7) is 0. The standard InChI is InChI=1S/C14H19Cl2NO2S/c15-11-6-7-12(16)14(8-11)20(18,19)9-13(17)10-4-2-1-3-5-10/h6-8,10,13H,1-5,9,17H2. The highest BCUT2D eigenvalue weighted by Gasteiger charge is 2.27. The Morgan fingerprint density at radius 2 is 1.85 bits per heavy atom. The molecule has 3 nitrogen and oxygen atoms in total. The highest BCUT2D eigenvalue weighted by molar-refractivity contribution is 7.91. The van der Waals surface area contributed by atoms with Crippen LogP contribution in [0.1, 0.15) is 32.1 Å². The van der Waals surface area contributed by atoms with Crippen LogP contribution < -0.4 is 5.73 Å². The van der Waals surface area contributed by atoms with Crippen molar-refractivity contribution in [1.29, 1.82) is 0 Å².